The van der Waals surface area contributed by atoms with Gasteiger partial charge in [0.1, 0.15) is 0 Å². The molecule has 1 aliphatic rings. The van der Waals surface area contributed by atoms with E-state index in [1.165, 1.54) is 17.6 Å². The van der Waals surface area contributed by atoms with Crippen LogP contribution in [0.1, 0.15) is 10.4 Å². The van der Waals surface area contributed by atoms with Crippen molar-refractivity contribution in [2.45, 2.75) is 5.25 Å². The third-order valence-corrected chi connectivity index (χ3v) is 5.52. The first-order valence-corrected chi connectivity index (χ1v) is 7.93. The molecule has 0 radical (unpaired) electrons. The largest absolute Gasteiger partial charge is 0.478 e. The van der Waals surface area contributed by atoms with Gasteiger partial charge in [0.05, 0.1) is 5.56 Å². The molecule has 98 valence electrons. The maximum atomic E-state index is 11.1. The fraction of sp³-hybridized carbons (Fsp3) is 0.417. The number of hydrogen-bond donors (Lipinski definition) is 3. The second kappa shape index (κ2) is 6.24. The molecule has 0 saturated carbocycles. The molecule has 1 unspecified atom stereocenters. The molecule has 4 nitrogen and oxygen atoms in total. The van der Waals surface area contributed by atoms with Crippen LogP contribution in [0.2, 0.25) is 0 Å². The topological polar surface area (TPSA) is 75.3 Å². The van der Waals surface area contributed by atoms with Gasteiger partial charge >= 0.3 is 5.97 Å². The Kier molecular flexibility index (Phi) is 4.66. The lowest BCUT2D eigenvalue weighted by Crippen LogP contribution is -2.23. The monoisotopic (exact) mass is 284 g/mol. The summed E-state index contributed by atoms with van der Waals surface area (Å²) in [5, 5.41) is 12.9. The van der Waals surface area contributed by atoms with Crippen molar-refractivity contribution in [2.75, 3.05) is 34.9 Å². The van der Waals surface area contributed by atoms with E-state index < -0.39 is 5.97 Å². The van der Waals surface area contributed by atoms with Gasteiger partial charge in [0, 0.05) is 40.4 Å². The number of benzene rings is 1. The van der Waals surface area contributed by atoms with Gasteiger partial charge in [0.2, 0.25) is 0 Å². The predicted molar refractivity (Wildman–Crippen MR) is 79.9 cm³/mol. The zero-order chi connectivity index (χ0) is 13.0. The van der Waals surface area contributed by atoms with E-state index in [-0.39, 0.29) is 5.56 Å². The maximum Gasteiger partial charge on any atom is 0.337 e. The number of carboxylic acids is 1. The van der Waals surface area contributed by atoms with Crippen molar-refractivity contribution in [2.24, 2.45) is 0 Å². The predicted octanol–water partition coefficient (Wildman–Crippen LogP) is 2.23. The first kappa shape index (κ1) is 13.4. The van der Waals surface area contributed by atoms with Gasteiger partial charge in [0.25, 0.3) is 0 Å². The molecule has 4 N–H and O–H groups in total. The fourth-order valence-electron chi connectivity index (χ4n) is 1.77. The van der Waals surface area contributed by atoms with Crippen LogP contribution < -0.4 is 11.1 Å². The number of nitrogen functional groups attached to an aromatic ring is 1. The zero-order valence-electron chi connectivity index (χ0n) is 9.89. The highest BCUT2D eigenvalue weighted by Crippen LogP contribution is 2.25. The van der Waals surface area contributed by atoms with Gasteiger partial charge < -0.3 is 16.2 Å². The minimum absolute atomic E-state index is 0.239. The van der Waals surface area contributed by atoms with Gasteiger partial charge in [-0.15, -0.1) is 0 Å². The summed E-state index contributed by atoms with van der Waals surface area (Å²) in [6.45, 7) is 0.794. The van der Waals surface area contributed by atoms with Crippen LogP contribution in [-0.4, -0.2) is 40.1 Å². The number of nitrogens with one attached hydrogen (secondary N) is 1. The first-order chi connectivity index (χ1) is 8.66. The van der Waals surface area contributed by atoms with Gasteiger partial charge in [-0.25, -0.2) is 4.79 Å². The molecule has 1 atom stereocenters. The van der Waals surface area contributed by atoms with Crippen molar-refractivity contribution in [3.05, 3.63) is 23.8 Å². The molecule has 0 aromatic heterocycles. The minimum Gasteiger partial charge on any atom is -0.478 e. The summed E-state index contributed by atoms with van der Waals surface area (Å²) >= 11 is 3.90. The molecule has 1 heterocycles. The van der Waals surface area contributed by atoms with E-state index in [1.807, 2.05) is 23.5 Å². The summed E-state index contributed by atoms with van der Waals surface area (Å²) in [6, 6.07) is 4.95. The molecular formula is C12H16N2O2S2. The highest BCUT2D eigenvalue weighted by molar-refractivity contribution is 8.06. The highest BCUT2D eigenvalue weighted by Gasteiger charge is 2.16. The lowest BCUT2D eigenvalue weighted by molar-refractivity contribution is 0.0698. The van der Waals surface area contributed by atoms with E-state index in [2.05, 4.69) is 5.32 Å². The molecule has 0 aliphatic carbocycles. The third kappa shape index (κ3) is 3.49. The number of thioether (sulfide) groups is 2. The Balaban J connectivity index is 2.01. The minimum atomic E-state index is -0.949. The highest BCUT2D eigenvalue weighted by atomic mass is 32.2. The van der Waals surface area contributed by atoms with Crippen LogP contribution in [0.3, 0.4) is 0 Å². The Morgan fingerprint density at radius 2 is 2.33 bits per heavy atom. The molecule has 1 aromatic rings. The summed E-state index contributed by atoms with van der Waals surface area (Å²) in [5.74, 6) is 2.55. The standard InChI is InChI=1S/C12H16N2O2S2/c13-8-1-2-11(10(5-8)12(15)16)14-6-9-7-17-3-4-18-9/h1-2,5,9,14H,3-4,6-7,13H2,(H,15,16). The van der Waals surface area contributed by atoms with Gasteiger partial charge in [-0.2, -0.15) is 23.5 Å². The Bertz CT molecular complexity index is 434. The summed E-state index contributed by atoms with van der Waals surface area (Å²) < 4.78 is 0. The molecular weight excluding hydrogens is 268 g/mol. The van der Waals surface area contributed by atoms with E-state index in [0.717, 1.165) is 12.3 Å². The van der Waals surface area contributed by atoms with Gasteiger partial charge in [-0.05, 0) is 18.2 Å². The molecule has 0 spiro atoms. The quantitative estimate of drug-likeness (QED) is 0.736. The molecule has 2 rings (SSSR count). The number of aromatic carboxylic acids is 1. The van der Waals surface area contributed by atoms with Crippen molar-refractivity contribution >= 4 is 40.9 Å². The van der Waals surface area contributed by atoms with Crippen molar-refractivity contribution < 1.29 is 9.90 Å². The molecule has 0 bridgehead atoms. The zero-order valence-corrected chi connectivity index (χ0v) is 11.5. The van der Waals surface area contributed by atoms with Crippen LogP contribution >= 0.6 is 23.5 Å². The lowest BCUT2D eigenvalue weighted by atomic mass is 10.1. The van der Waals surface area contributed by atoms with Gasteiger partial charge in [0.15, 0.2) is 0 Å². The average Bonchev–Trinajstić information content (AvgIpc) is 2.38. The molecule has 1 fully saturated rings. The number of rotatable bonds is 4. The maximum absolute atomic E-state index is 11.1. The van der Waals surface area contributed by atoms with Crippen molar-refractivity contribution in [1.29, 1.82) is 0 Å². The van der Waals surface area contributed by atoms with Gasteiger partial charge in [-0.1, -0.05) is 0 Å². The van der Waals surface area contributed by atoms with Crippen LogP contribution in [0.5, 0.6) is 0 Å². The lowest BCUT2D eigenvalue weighted by Gasteiger charge is -2.22. The summed E-state index contributed by atoms with van der Waals surface area (Å²) in [5.41, 5.74) is 6.96. The van der Waals surface area contributed by atoms with E-state index in [1.54, 1.807) is 12.1 Å². The Morgan fingerprint density at radius 1 is 1.50 bits per heavy atom. The average molecular weight is 284 g/mol. The van der Waals surface area contributed by atoms with Crippen molar-refractivity contribution in [3.8, 4) is 0 Å². The second-order valence-corrected chi connectivity index (χ2v) is 6.62. The second-order valence-electron chi connectivity index (χ2n) is 4.06. The SMILES string of the molecule is Nc1ccc(NCC2CSCCS2)c(C(=O)O)c1. The Hall–Kier alpha value is -1.01. The Morgan fingerprint density at radius 3 is 3.00 bits per heavy atom. The molecule has 1 aromatic carbocycles. The van der Waals surface area contributed by atoms with E-state index >= 15 is 0 Å². The molecule has 18 heavy (non-hydrogen) atoms. The van der Waals surface area contributed by atoms with Crippen molar-refractivity contribution in [3.63, 3.8) is 0 Å². The smallest absolute Gasteiger partial charge is 0.337 e. The van der Waals surface area contributed by atoms with E-state index in [0.29, 0.717) is 16.6 Å². The van der Waals surface area contributed by atoms with Crippen LogP contribution in [-0.2, 0) is 0 Å². The van der Waals surface area contributed by atoms with Crippen LogP contribution in [0.25, 0.3) is 0 Å². The molecule has 6 heteroatoms. The van der Waals surface area contributed by atoms with E-state index in [9.17, 15) is 4.79 Å². The van der Waals surface area contributed by atoms with Crippen LogP contribution in [0.15, 0.2) is 18.2 Å². The Labute approximate surface area is 115 Å². The summed E-state index contributed by atoms with van der Waals surface area (Å²) in [6.07, 6.45) is 0. The molecule has 1 saturated heterocycles. The summed E-state index contributed by atoms with van der Waals surface area (Å²) in [4.78, 5) is 11.1. The van der Waals surface area contributed by atoms with Gasteiger partial charge in [-0.3, -0.25) is 0 Å². The normalized spacial score (nSPS) is 19.4. The van der Waals surface area contributed by atoms with Crippen molar-refractivity contribution in [1.82, 2.24) is 0 Å². The van der Waals surface area contributed by atoms with E-state index in [4.69, 9.17) is 10.8 Å². The fourth-order valence-corrected chi connectivity index (χ4v) is 4.38. The van der Waals surface area contributed by atoms with Crippen LogP contribution in [0.4, 0.5) is 11.4 Å². The number of hydrogen-bond acceptors (Lipinski definition) is 5. The summed E-state index contributed by atoms with van der Waals surface area (Å²) in [7, 11) is 0. The third-order valence-electron chi connectivity index (χ3n) is 2.68. The molecule has 1 aliphatic heterocycles. The first-order valence-electron chi connectivity index (χ1n) is 5.73. The molecule has 0 amide bonds. The number of nitrogens with two attached hydrogens (primary N) is 1. The van der Waals surface area contributed by atoms with Crippen LogP contribution in [0, 0.1) is 0 Å². The number of carboxylic acid groups (broad SMARTS) is 1. The number of anilines is 2. The number of carbonyl (C=O) groups is 1.